The quantitative estimate of drug-likeness (QED) is 0.195. The van der Waals surface area contributed by atoms with Crippen molar-refractivity contribution in [1.82, 2.24) is 35.0 Å². The van der Waals surface area contributed by atoms with Crippen molar-refractivity contribution in [3.05, 3.63) is 0 Å². The molecule has 4 aromatic rings. The van der Waals surface area contributed by atoms with Gasteiger partial charge in [-0.2, -0.15) is 0 Å². The fourth-order valence-electron chi connectivity index (χ4n) is 0.691. The van der Waals surface area contributed by atoms with Crippen molar-refractivity contribution in [3.8, 4) is 0 Å². The molecule has 0 bridgehead atoms. The molecule has 30 heavy (non-hydrogen) atoms. The van der Waals surface area contributed by atoms with E-state index in [1.54, 1.807) is 0 Å². The Kier molecular flexibility index (Phi) is 20.4. The SMILES string of the molecule is [Fe+3].[Fe+3].[S-]c1nsnc1[S-].[S-]c1nsnc1[S-].[S-]c1nsnc1[S-].[S-]c1nsnc1[S-]. The van der Waals surface area contributed by atoms with Gasteiger partial charge in [-0.15, -0.1) is 0 Å². The first-order valence-corrected chi connectivity index (χ1v) is 12.1. The third kappa shape index (κ3) is 13.6. The Labute approximate surface area is 253 Å². The maximum Gasteiger partial charge on any atom is 3.00 e. The van der Waals surface area contributed by atoms with Gasteiger partial charge >= 0.3 is 34.1 Å². The molecule has 0 aliphatic heterocycles. The van der Waals surface area contributed by atoms with Gasteiger partial charge in [0.2, 0.25) is 0 Å². The summed E-state index contributed by atoms with van der Waals surface area (Å²) in [7, 11) is 0. The molecule has 162 valence electrons. The first-order chi connectivity index (χ1) is 13.2. The van der Waals surface area contributed by atoms with Gasteiger partial charge in [0.25, 0.3) is 0 Å². The van der Waals surface area contributed by atoms with Crippen LogP contribution in [0.25, 0.3) is 0 Å². The van der Waals surface area contributed by atoms with E-state index >= 15 is 0 Å². The van der Waals surface area contributed by atoms with Crippen LogP contribution in [0.4, 0.5) is 0 Å². The average Bonchev–Trinajstić information content (AvgIpc) is 3.41. The third-order valence-electron chi connectivity index (χ3n) is 1.72. The largest absolute Gasteiger partial charge is 3.00 e. The predicted molar refractivity (Wildman–Crippen MR) is 125 cm³/mol. The van der Waals surface area contributed by atoms with E-state index in [0.717, 1.165) is 46.9 Å². The molecule has 4 rings (SSSR count). The fourth-order valence-corrected chi connectivity index (χ4v) is 3.77. The van der Waals surface area contributed by atoms with Crippen LogP contribution >= 0.6 is 46.9 Å². The Hall–Kier alpha value is 1.04. The van der Waals surface area contributed by atoms with Crippen LogP contribution in [0, 0.1) is 0 Å². The van der Waals surface area contributed by atoms with Crippen molar-refractivity contribution in [2.24, 2.45) is 0 Å². The molecule has 0 aliphatic carbocycles. The van der Waals surface area contributed by atoms with Crippen molar-refractivity contribution in [3.63, 3.8) is 0 Å². The minimum atomic E-state index is 0. The maximum atomic E-state index is 4.62. The van der Waals surface area contributed by atoms with Gasteiger partial charge in [0.1, 0.15) is 0 Å². The van der Waals surface area contributed by atoms with E-state index in [-0.39, 0.29) is 34.1 Å². The average molecular weight is 705 g/mol. The molecule has 0 aliphatic rings. The van der Waals surface area contributed by atoms with Crippen molar-refractivity contribution < 1.29 is 34.1 Å². The number of hydrogen-bond acceptors (Lipinski definition) is 20. The maximum absolute atomic E-state index is 4.62. The molecule has 0 N–H and O–H groups in total. The number of rotatable bonds is 0. The van der Waals surface area contributed by atoms with Gasteiger partial charge in [0.15, 0.2) is 0 Å². The van der Waals surface area contributed by atoms with E-state index in [1.165, 1.54) is 0 Å². The summed E-state index contributed by atoms with van der Waals surface area (Å²) in [5, 5.41) is 3.56. The van der Waals surface area contributed by atoms with Crippen LogP contribution in [0.2, 0.25) is 0 Å². The second-order valence-corrected chi connectivity index (χ2v) is 8.71. The number of nitrogens with zero attached hydrogens (tertiary/aromatic N) is 8. The summed E-state index contributed by atoms with van der Waals surface area (Å²) in [6.07, 6.45) is 0. The molecule has 0 saturated heterocycles. The van der Waals surface area contributed by atoms with E-state index in [1.807, 2.05) is 0 Å². The van der Waals surface area contributed by atoms with Gasteiger partial charge < -0.3 is 101 Å². The fraction of sp³-hybridized carbons (Fsp3) is 0. The van der Waals surface area contributed by atoms with Crippen LogP contribution in [-0.2, 0) is 135 Å². The van der Waals surface area contributed by atoms with Crippen LogP contribution in [0.5, 0.6) is 0 Å². The first-order valence-electron chi connectivity index (χ1n) is 5.88. The normalized spacial score (nSPS) is 8.53. The molecule has 4 heterocycles. The van der Waals surface area contributed by atoms with E-state index in [9.17, 15) is 0 Å². The summed E-state index contributed by atoms with van der Waals surface area (Å²) in [5.74, 6) is 0. The molecule has 0 spiro atoms. The zero-order valence-electron chi connectivity index (χ0n) is 13.2. The van der Waals surface area contributed by atoms with E-state index < -0.39 is 0 Å². The first kappa shape index (κ1) is 33.2. The van der Waals surface area contributed by atoms with Gasteiger partial charge in [-0.25, -0.2) is 35.0 Å². The van der Waals surface area contributed by atoms with Gasteiger partial charge in [-0.1, -0.05) is 40.2 Å². The van der Waals surface area contributed by atoms with Crippen LogP contribution in [-0.4, -0.2) is 35.0 Å². The summed E-state index contributed by atoms with van der Waals surface area (Å²) in [6, 6.07) is 0. The molecule has 0 unspecified atom stereocenters. The topological polar surface area (TPSA) is 103 Å². The monoisotopic (exact) mass is 704 g/mol. The minimum absolute atomic E-state index is 0. The number of aromatic nitrogens is 8. The Morgan fingerprint density at radius 2 is 0.400 bits per heavy atom. The Morgan fingerprint density at radius 3 is 0.433 bits per heavy atom. The predicted octanol–water partition coefficient (Wildman–Crippen LogP) is 1.39. The van der Waals surface area contributed by atoms with Crippen molar-refractivity contribution in [2.75, 3.05) is 0 Å². The molecular formula is C8Fe2N8S12-2. The van der Waals surface area contributed by atoms with Gasteiger partial charge in [0.05, 0.1) is 46.9 Å². The molecule has 2 radical (unpaired) electrons. The molecule has 22 heteroatoms. The molecule has 4 aromatic heterocycles. The zero-order valence-corrected chi connectivity index (χ0v) is 25.2. The minimum Gasteiger partial charge on any atom is -0.759 e. The van der Waals surface area contributed by atoms with Gasteiger partial charge in [-0.05, 0) is 0 Å². The Bertz CT molecular complexity index is 736. The molecule has 0 atom stereocenters. The zero-order chi connectivity index (χ0) is 21.1. The molecule has 0 amide bonds. The van der Waals surface area contributed by atoms with Crippen LogP contribution in [0.1, 0.15) is 0 Å². The summed E-state index contributed by atoms with van der Waals surface area (Å²) in [6.45, 7) is 0. The number of hydrogen-bond donors (Lipinski definition) is 0. The van der Waals surface area contributed by atoms with Crippen molar-refractivity contribution in [1.29, 1.82) is 0 Å². The molecule has 0 aromatic carbocycles. The molecular weight excluding hydrogens is 705 g/mol. The molecule has 0 saturated carbocycles. The second kappa shape index (κ2) is 18.5. The van der Waals surface area contributed by atoms with E-state index in [2.05, 4.69) is 136 Å². The van der Waals surface area contributed by atoms with E-state index in [0.29, 0.717) is 40.2 Å². The smallest absolute Gasteiger partial charge is 0.759 e. The Balaban J connectivity index is 0. The summed E-state index contributed by atoms with van der Waals surface area (Å²) >= 11 is 41.2. The Morgan fingerprint density at radius 1 is 0.300 bits per heavy atom. The second-order valence-electron chi connectivity index (χ2n) is 3.50. The molecule has 8 nitrogen and oxygen atoms in total. The van der Waals surface area contributed by atoms with Crippen molar-refractivity contribution in [2.45, 2.75) is 40.2 Å². The summed E-state index contributed by atoms with van der Waals surface area (Å²) in [4.78, 5) is 0. The third-order valence-corrected chi connectivity index (χ3v) is 7.55. The van der Waals surface area contributed by atoms with Crippen LogP contribution in [0.15, 0.2) is 40.2 Å². The van der Waals surface area contributed by atoms with Crippen LogP contribution in [0.3, 0.4) is 0 Å². The van der Waals surface area contributed by atoms with Gasteiger partial charge in [0, 0.05) is 0 Å². The summed E-state index contributed by atoms with van der Waals surface area (Å²) in [5.41, 5.74) is 0. The van der Waals surface area contributed by atoms with Crippen molar-refractivity contribution >= 4 is 148 Å². The summed E-state index contributed by atoms with van der Waals surface area (Å²) < 4.78 is 29.3. The molecule has 0 fully saturated rings. The van der Waals surface area contributed by atoms with E-state index in [4.69, 9.17) is 0 Å². The van der Waals surface area contributed by atoms with Crippen LogP contribution < -0.4 is 0 Å². The standard InChI is InChI=1S/4C2H2N2S3.2Fe/c4*5-1-2(6)4-7-3-1;;/h4*(H,3,5)(H,4,6);;/q;;;;2*+3/p-8. The van der Waals surface area contributed by atoms with Gasteiger partial charge in [-0.3, -0.25) is 0 Å².